The molecule has 1 fully saturated rings. The molecular weight excluding hydrogens is 378 g/mol. The van der Waals surface area contributed by atoms with Crippen LogP contribution in [0.1, 0.15) is 43.9 Å². The zero-order chi connectivity index (χ0) is 21.3. The number of aliphatic carboxylic acids is 1. The summed E-state index contributed by atoms with van der Waals surface area (Å²) in [6.07, 6.45) is 1.36. The van der Waals surface area contributed by atoms with Crippen LogP contribution >= 0.6 is 0 Å². The largest absolute Gasteiger partial charge is 0.481 e. The molecule has 4 rings (SSSR count). The van der Waals surface area contributed by atoms with Crippen molar-refractivity contribution >= 4 is 23.3 Å². The van der Waals surface area contributed by atoms with E-state index < -0.39 is 5.97 Å². The van der Waals surface area contributed by atoms with Crippen molar-refractivity contribution in [1.29, 1.82) is 0 Å². The van der Waals surface area contributed by atoms with Gasteiger partial charge in [-0.05, 0) is 42.7 Å². The maximum atomic E-state index is 12.5. The standard InChI is InChI=1S/C24H29N3O3/c1-3-23(28)27-16(2)12-21(20-6-4-5-7-22(20)27)25-19-10-8-17(9-11-19)13-26-14-18(15-26)24(29)30/h4-11,16,18,21,25H,3,12-15H2,1-2H3,(H,29,30)/t16-,21+/m0/s1. The highest BCUT2D eigenvalue weighted by Crippen LogP contribution is 2.39. The van der Waals surface area contributed by atoms with Gasteiger partial charge in [-0.2, -0.15) is 0 Å². The SMILES string of the molecule is CCC(=O)N1c2ccccc2[C@H](Nc2ccc(CN3CC(C(=O)O)C3)cc2)C[C@@H]1C. The van der Waals surface area contributed by atoms with Gasteiger partial charge in [0.25, 0.3) is 0 Å². The predicted octanol–water partition coefficient (Wildman–Crippen LogP) is 3.89. The topological polar surface area (TPSA) is 72.9 Å². The first-order valence-corrected chi connectivity index (χ1v) is 10.7. The Hall–Kier alpha value is -2.86. The van der Waals surface area contributed by atoms with E-state index in [1.165, 1.54) is 5.56 Å². The van der Waals surface area contributed by atoms with Gasteiger partial charge in [-0.3, -0.25) is 14.5 Å². The van der Waals surface area contributed by atoms with Gasteiger partial charge in [-0.15, -0.1) is 0 Å². The Morgan fingerprint density at radius 1 is 1.10 bits per heavy atom. The molecule has 2 N–H and O–H groups in total. The van der Waals surface area contributed by atoms with Crippen molar-refractivity contribution in [3.63, 3.8) is 0 Å². The predicted molar refractivity (Wildman–Crippen MR) is 118 cm³/mol. The van der Waals surface area contributed by atoms with Crippen LogP contribution in [0.4, 0.5) is 11.4 Å². The number of likely N-dealkylation sites (tertiary alicyclic amines) is 1. The van der Waals surface area contributed by atoms with Crippen LogP contribution in [-0.4, -0.2) is 41.0 Å². The maximum Gasteiger partial charge on any atom is 0.309 e. The summed E-state index contributed by atoms with van der Waals surface area (Å²) in [5.41, 5.74) is 4.39. The Kier molecular flexibility index (Phi) is 5.77. The van der Waals surface area contributed by atoms with Crippen LogP contribution < -0.4 is 10.2 Å². The number of fused-ring (bicyclic) bond motifs is 1. The first-order valence-electron chi connectivity index (χ1n) is 10.7. The number of benzene rings is 2. The van der Waals surface area contributed by atoms with Crippen molar-refractivity contribution in [2.24, 2.45) is 5.92 Å². The number of para-hydroxylation sites is 1. The molecule has 6 nitrogen and oxygen atoms in total. The lowest BCUT2D eigenvalue weighted by Crippen LogP contribution is -2.49. The molecule has 2 aliphatic heterocycles. The summed E-state index contributed by atoms with van der Waals surface area (Å²) in [5, 5.41) is 12.6. The number of nitrogens with zero attached hydrogens (tertiary/aromatic N) is 2. The minimum atomic E-state index is -0.702. The summed E-state index contributed by atoms with van der Waals surface area (Å²) in [6.45, 7) is 6.05. The minimum absolute atomic E-state index is 0.137. The van der Waals surface area contributed by atoms with Crippen LogP contribution in [0.15, 0.2) is 48.5 Å². The number of carbonyl (C=O) groups excluding carboxylic acids is 1. The first-order chi connectivity index (χ1) is 14.5. The molecule has 2 aromatic rings. The van der Waals surface area contributed by atoms with E-state index in [9.17, 15) is 9.59 Å². The van der Waals surface area contributed by atoms with Gasteiger partial charge in [0.1, 0.15) is 0 Å². The summed E-state index contributed by atoms with van der Waals surface area (Å²) < 4.78 is 0. The first kappa shape index (κ1) is 20.4. The fourth-order valence-corrected chi connectivity index (χ4v) is 4.52. The zero-order valence-electron chi connectivity index (χ0n) is 17.5. The van der Waals surface area contributed by atoms with E-state index in [0.717, 1.165) is 29.9 Å². The van der Waals surface area contributed by atoms with E-state index in [0.29, 0.717) is 19.5 Å². The Bertz CT molecular complexity index is 922. The van der Waals surface area contributed by atoms with Crippen LogP contribution in [0.5, 0.6) is 0 Å². The van der Waals surface area contributed by atoms with Gasteiger partial charge >= 0.3 is 5.97 Å². The van der Waals surface area contributed by atoms with Gasteiger partial charge < -0.3 is 15.3 Å². The summed E-state index contributed by atoms with van der Waals surface area (Å²) in [4.78, 5) is 27.5. The molecule has 6 heteroatoms. The van der Waals surface area contributed by atoms with Crippen LogP contribution in [0.3, 0.4) is 0 Å². The van der Waals surface area contributed by atoms with Crippen LogP contribution in [0, 0.1) is 5.92 Å². The molecule has 0 aliphatic carbocycles. The molecule has 0 bridgehead atoms. The molecule has 0 spiro atoms. The number of hydrogen-bond donors (Lipinski definition) is 2. The monoisotopic (exact) mass is 407 g/mol. The lowest BCUT2D eigenvalue weighted by Gasteiger charge is -2.40. The van der Waals surface area contributed by atoms with Crippen molar-refractivity contribution in [3.05, 3.63) is 59.7 Å². The van der Waals surface area contributed by atoms with Gasteiger partial charge in [0.15, 0.2) is 0 Å². The van der Waals surface area contributed by atoms with E-state index in [4.69, 9.17) is 5.11 Å². The Morgan fingerprint density at radius 3 is 2.47 bits per heavy atom. The number of rotatable bonds is 6. The Labute approximate surface area is 177 Å². The third kappa shape index (κ3) is 4.05. The molecule has 2 heterocycles. The summed E-state index contributed by atoms with van der Waals surface area (Å²) in [7, 11) is 0. The molecule has 2 atom stereocenters. The zero-order valence-corrected chi connectivity index (χ0v) is 17.5. The highest BCUT2D eigenvalue weighted by atomic mass is 16.4. The van der Waals surface area contributed by atoms with Crippen molar-refractivity contribution < 1.29 is 14.7 Å². The van der Waals surface area contributed by atoms with Gasteiger partial charge in [0.2, 0.25) is 5.91 Å². The summed E-state index contributed by atoms with van der Waals surface area (Å²) in [6, 6.07) is 16.8. The average Bonchev–Trinajstić information content (AvgIpc) is 2.71. The van der Waals surface area contributed by atoms with Crippen molar-refractivity contribution in [1.82, 2.24) is 4.90 Å². The Morgan fingerprint density at radius 2 is 1.80 bits per heavy atom. The molecule has 2 aliphatic rings. The minimum Gasteiger partial charge on any atom is -0.481 e. The highest BCUT2D eigenvalue weighted by Gasteiger charge is 2.33. The number of nitrogens with one attached hydrogen (secondary N) is 1. The van der Waals surface area contributed by atoms with Gasteiger partial charge in [0.05, 0.1) is 12.0 Å². The van der Waals surface area contributed by atoms with E-state index in [2.05, 4.69) is 47.5 Å². The molecule has 158 valence electrons. The molecule has 1 saturated heterocycles. The Balaban J connectivity index is 1.44. The van der Waals surface area contributed by atoms with Crippen molar-refractivity contribution in [2.45, 2.75) is 45.3 Å². The fourth-order valence-electron chi connectivity index (χ4n) is 4.52. The number of anilines is 2. The average molecular weight is 408 g/mol. The quantitative estimate of drug-likeness (QED) is 0.760. The normalized spacial score (nSPS) is 21.6. The van der Waals surface area contributed by atoms with E-state index in [1.807, 2.05) is 30.0 Å². The number of hydrogen-bond acceptors (Lipinski definition) is 4. The molecular formula is C24H29N3O3. The molecule has 2 aromatic carbocycles. The highest BCUT2D eigenvalue weighted by molar-refractivity contribution is 5.95. The molecule has 0 saturated carbocycles. The number of carboxylic acid groups (broad SMARTS) is 1. The second kappa shape index (κ2) is 8.48. The third-order valence-electron chi connectivity index (χ3n) is 6.17. The lowest BCUT2D eigenvalue weighted by atomic mass is 9.91. The second-order valence-corrected chi connectivity index (χ2v) is 8.38. The lowest BCUT2D eigenvalue weighted by molar-refractivity contribution is -0.147. The van der Waals surface area contributed by atoms with Crippen molar-refractivity contribution in [3.8, 4) is 0 Å². The third-order valence-corrected chi connectivity index (χ3v) is 6.17. The molecule has 0 radical (unpaired) electrons. The van der Waals surface area contributed by atoms with Crippen molar-refractivity contribution in [2.75, 3.05) is 23.3 Å². The number of carbonyl (C=O) groups is 2. The van der Waals surface area contributed by atoms with Gasteiger partial charge in [-0.25, -0.2) is 0 Å². The molecule has 0 unspecified atom stereocenters. The van der Waals surface area contributed by atoms with Crippen LogP contribution in [-0.2, 0) is 16.1 Å². The van der Waals surface area contributed by atoms with Gasteiger partial charge in [-0.1, -0.05) is 37.3 Å². The molecule has 1 amide bonds. The van der Waals surface area contributed by atoms with Crippen LogP contribution in [0.25, 0.3) is 0 Å². The van der Waals surface area contributed by atoms with E-state index in [-0.39, 0.29) is 23.9 Å². The summed E-state index contributed by atoms with van der Waals surface area (Å²) in [5.74, 6) is -0.765. The number of carboxylic acids is 1. The van der Waals surface area contributed by atoms with Gasteiger partial charge in [0, 0.05) is 43.5 Å². The summed E-state index contributed by atoms with van der Waals surface area (Å²) >= 11 is 0. The maximum absolute atomic E-state index is 12.5. The van der Waals surface area contributed by atoms with Crippen LogP contribution in [0.2, 0.25) is 0 Å². The fraction of sp³-hybridized carbons (Fsp3) is 0.417. The molecule has 0 aromatic heterocycles. The smallest absolute Gasteiger partial charge is 0.309 e. The van der Waals surface area contributed by atoms with E-state index in [1.54, 1.807) is 0 Å². The van der Waals surface area contributed by atoms with E-state index >= 15 is 0 Å². The molecule has 30 heavy (non-hydrogen) atoms. The second-order valence-electron chi connectivity index (χ2n) is 8.38. The number of amides is 1.